The SMILES string of the molecule is Cc1ccc(-c2ccc(-c3ccc(C)cc3)c3nc(-c4ccccc4)c(-c4ccccc4)cc23)cc1. The molecule has 0 aliphatic carbocycles. The molecular formula is C35H27N. The van der Waals surface area contributed by atoms with Crippen LogP contribution in [0.15, 0.2) is 127 Å². The Morgan fingerprint density at radius 3 is 1.47 bits per heavy atom. The third kappa shape index (κ3) is 4.10. The van der Waals surface area contributed by atoms with Gasteiger partial charge in [-0.2, -0.15) is 0 Å². The molecule has 0 saturated heterocycles. The molecule has 0 atom stereocenters. The molecule has 0 unspecified atom stereocenters. The lowest BCUT2D eigenvalue weighted by molar-refractivity contribution is 1.39. The number of rotatable bonds is 4. The summed E-state index contributed by atoms with van der Waals surface area (Å²) in [5.74, 6) is 0. The smallest absolute Gasteiger partial charge is 0.0794 e. The zero-order valence-corrected chi connectivity index (χ0v) is 20.6. The van der Waals surface area contributed by atoms with E-state index in [1.54, 1.807) is 0 Å². The number of hydrogen-bond acceptors (Lipinski definition) is 1. The van der Waals surface area contributed by atoms with Crippen LogP contribution in [0.3, 0.4) is 0 Å². The minimum absolute atomic E-state index is 1.00. The molecule has 1 heteroatoms. The van der Waals surface area contributed by atoms with Crippen molar-refractivity contribution in [2.24, 2.45) is 0 Å². The van der Waals surface area contributed by atoms with Gasteiger partial charge in [0, 0.05) is 22.1 Å². The Labute approximate surface area is 212 Å². The van der Waals surface area contributed by atoms with Crippen molar-refractivity contribution < 1.29 is 0 Å². The molecule has 0 bridgehead atoms. The summed E-state index contributed by atoms with van der Waals surface area (Å²) in [5, 5.41) is 1.16. The van der Waals surface area contributed by atoms with Gasteiger partial charge in [0.15, 0.2) is 0 Å². The third-order valence-corrected chi connectivity index (χ3v) is 6.84. The van der Waals surface area contributed by atoms with E-state index in [4.69, 9.17) is 4.98 Å². The molecule has 0 aliphatic heterocycles. The van der Waals surface area contributed by atoms with E-state index in [2.05, 4.69) is 141 Å². The molecule has 1 aromatic heterocycles. The van der Waals surface area contributed by atoms with Crippen molar-refractivity contribution in [1.29, 1.82) is 0 Å². The number of nitrogens with zero attached hydrogens (tertiary/aromatic N) is 1. The summed E-state index contributed by atoms with van der Waals surface area (Å²) in [7, 11) is 0. The summed E-state index contributed by atoms with van der Waals surface area (Å²) in [5.41, 5.74) is 12.7. The number of benzene rings is 5. The van der Waals surface area contributed by atoms with Gasteiger partial charge in [-0.05, 0) is 42.2 Å². The fraction of sp³-hybridized carbons (Fsp3) is 0.0571. The predicted octanol–water partition coefficient (Wildman–Crippen LogP) is 9.52. The van der Waals surface area contributed by atoms with E-state index in [1.807, 2.05) is 0 Å². The van der Waals surface area contributed by atoms with Gasteiger partial charge in [-0.1, -0.05) is 132 Å². The standard InChI is InChI=1S/C35H27N/c1-24-13-17-27(18-14-24)30-21-22-31(28-19-15-25(2)16-20-28)35-33(30)23-32(26-9-5-3-6-10-26)34(36-35)29-11-7-4-8-12-29/h3-23H,1-2H3. The molecule has 5 aromatic carbocycles. The van der Waals surface area contributed by atoms with E-state index in [-0.39, 0.29) is 0 Å². The first-order valence-corrected chi connectivity index (χ1v) is 12.4. The molecule has 0 amide bonds. The van der Waals surface area contributed by atoms with Gasteiger partial charge in [0.05, 0.1) is 11.2 Å². The average Bonchev–Trinajstić information content (AvgIpc) is 2.94. The van der Waals surface area contributed by atoms with Crippen LogP contribution in [-0.4, -0.2) is 4.98 Å². The molecule has 0 saturated carbocycles. The Kier molecular flexibility index (Phi) is 5.67. The Balaban J connectivity index is 1.72. The zero-order chi connectivity index (χ0) is 24.5. The fourth-order valence-electron chi connectivity index (χ4n) is 4.86. The number of aryl methyl sites for hydroxylation is 2. The first-order chi connectivity index (χ1) is 17.7. The Hall–Kier alpha value is -4.49. The summed E-state index contributed by atoms with van der Waals surface area (Å²) in [6.45, 7) is 4.25. The van der Waals surface area contributed by atoms with Gasteiger partial charge in [-0.3, -0.25) is 0 Å². The number of hydrogen-bond donors (Lipinski definition) is 0. The molecule has 6 aromatic rings. The highest BCUT2D eigenvalue weighted by Crippen LogP contribution is 2.40. The van der Waals surface area contributed by atoms with Crippen LogP contribution < -0.4 is 0 Å². The van der Waals surface area contributed by atoms with Crippen LogP contribution in [0.25, 0.3) is 55.5 Å². The maximum atomic E-state index is 5.42. The largest absolute Gasteiger partial charge is 0.246 e. The number of fused-ring (bicyclic) bond motifs is 1. The van der Waals surface area contributed by atoms with Crippen LogP contribution in [0.2, 0.25) is 0 Å². The summed E-state index contributed by atoms with van der Waals surface area (Å²) >= 11 is 0. The summed E-state index contributed by atoms with van der Waals surface area (Å²) in [4.78, 5) is 5.42. The van der Waals surface area contributed by atoms with Gasteiger partial charge in [-0.25, -0.2) is 4.98 Å². The molecule has 172 valence electrons. The average molecular weight is 462 g/mol. The highest BCUT2D eigenvalue weighted by Gasteiger charge is 2.17. The van der Waals surface area contributed by atoms with Crippen molar-refractivity contribution in [3.63, 3.8) is 0 Å². The van der Waals surface area contributed by atoms with Crippen LogP contribution in [0.4, 0.5) is 0 Å². The van der Waals surface area contributed by atoms with Gasteiger partial charge < -0.3 is 0 Å². The first kappa shape index (κ1) is 22.0. The monoisotopic (exact) mass is 461 g/mol. The predicted molar refractivity (Wildman–Crippen MR) is 153 cm³/mol. The summed E-state index contributed by atoms with van der Waals surface area (Å²) in [6, 6.07) is 45.5. The fourth-order valence-corrected chi connectivity index (χ4v) is 4.86. The van der Waals surface area contributed by atoms with Gasteiger partial charge in [-0.15, -0.1) is 0 Å². The first-order valence-electron chi connectivity index (χ1n) is 12.4. The topological polar surface area (TPSA) is 12.9 Å². The summed E-state index contributed by atoms with van der Waals surface area (Å²) in [6.07, 6.45) is 0. The van der Waals surface area contributed by atoms with Gasteiger partial charge in [0.2, 0.25) is 0 Å². The van der Waals surface area contributed by atoms with Crippen LogP contribution in [0.5, 0.6) is 0 Å². The van der Waals surface area contributed by atoms with E-state index in [0.717, 1.165) is 33.3 Å². The van der Waals surface area contributed by atoms with E-state index in [1.165, 1.54) is 33.4 Å². The zero-order valence-electron chi connectivity index (χ0n) is 20.6. The lowest BCUT2D eigenvalue weighted by atomic mass is 9.90. The van der Waals surface area contributed by atoms with Crippen LogP contribution in [0.1, 0.15) is 11.1 Å². The maximum absolute atomic E-state index is 5.42. The molecule has 36 heavy (non-hydrogen) atoms. The lowest BCUT2D eigenvalue weighted by Crippen LogP contribution is -1.95. The Morgan fingerprint density at radius 1 is 0.417 bits per heavy atom. The number of aromatic nitrogens is 1. The highest BCUT2D eigenvalue weighted by molar-refractivity contribution is 6.06. The molecule has 6 rings (SSSR count). The second-order valence-electron chi connectivity index (χ2n) is 9.41. The molecular weight excluding hydrogens is 434 g/mol. The van der Waals surface area contributed by atoms with E-state index >= 15 is 0 Å². The van der Waals surface area contributed by atoms with Crippen molar-refractivity contribution in [3.05, 3.63) is 139 Å². The second kappa shape index (κ2) is 9.28. The Bertz CT molecular complexity index is 1520. The van der Waals surface area contributed by atoms with E-state index in [0.29, 0.717) is 0 Å². The van der Waals surface area contributed by atoms with Crippen LogP contribution in [0, 0.1) is 13.8 Å². The number of pyridine rings is 1. The van der Waals surface area contributed by atoms with Crippen LogP contribution >= 0.6 is 0 Å². The van der Waals surface area contributed by atoms with Crippen molar-refractivity contribution in [1.82, 2.24) is 4.98 Å². The van der Waals surface area contributed by atoms with Gasteiger partial charge in [0.25, 0.3) is 0 Å². The molecule has 0 spiro atoms. The van der Waals surface area contributed by atoms with Crippen molar-refractivity contribution in [2.45, 2.75) is 13.8 Å². The minimum atomic E-state index is 1.00. The van der Waals surface area contributed by atoms with Crippen LogP contribution in [-0.2, 0) is 0 Å². The lowest BCUT2D eigenvalue weighted by Gasteiger charge is -2.17. The highest BCUT2D eigenvalue weighted by atomic mass is 14.7. The molecule has 0 fully saturated rings. The second-order valence-corrected chi connectivity index (χ2v) is 9.41. The van der Waals surface area contributed by atoms with Crippen molar-refractivity contribution in [3.8, 4) is 44.6 Å². The van der Waals surface area contributed by atoms with Crippen molar-refractivity contribution >= 4 is 10.9 Å². The molecule has 0 N–H and O–H groups in total. The quantitative estimate of drug-likeness (QED) is 0.255. The molecule has 0 radical (unpaired) electrons. The van der Waals surface area contributed by atoms with E-state index < -0.39 is 0 Å². The molecule has 0 aliphatic rings. The van der Waals surface area contributed by atoms with E-state index in [9.17, 15) is 0 Å². The molecule has 1 heterocycles. The van der Waals surface area contributed by atoms with Gasteiger partial charge in [0.1, 0.15) is 0 Å². The normalized spacial score (nSPS) is 11.1. The maximum Gasteiger partial charge on any atom is 0.0794 e. The third-order valence-electron chi connectivity index (χ3n) is 6.84. The Morgan fingerprint density at radius 2 is 0.889 bits per heavy atom. The minimum Gasteiger partial charge on any atom is -0.246 e. The van der Waals surface area contributed by atoms with Gasteiger partial charge >= 0.3 is 0 Å². The summed E-state index contributed by atoms with van der Waals surface area (Å²) < 4.78 is 0. The molecule has 1 nitrogen and oxygen atoms in total. The van der Waals surface area contributed by atoms with Crippen molar-refractivity contribution in [2.75, 3.05) is 0 Å².